The molecule has 0 bridgehead atoms. The second kappa shape index (κ2) is 8.17. The standard InChI is InChI=1S/C23H21Cl2N3O2/c1-3-27(23(29)30)11-10-21-22-18-8-6-16(24)12-15(18)5-9-20(22)26-28(21)17-7-4-14(2)19(25)13-17/h4-9,12-13H,3,10-11H2,1-2H3,(H,29,30). The van der Waals surface area contributed by atoms with Crippen LogP contribution < -0.4 is 0 Å². The molecule has 4 rings (SSSR count). The molecule has 1 amide bonds. The summed E-state index contributed by atoms with van der Waals surface area (Å²) in [6.07, 6.45) is -0.410. The van der Waals surface area contributed by atoms with Crippen molar-refractivity contribution in [1.82, 2.24) is 14.7 Å². The van der Waals surface area contributed by atoms with Crippen molar-refractivity contribution in [3.05, 3.63) is 69.8 Å². The minimum absolute atomic E-state index is 0.371. The Labute approximate surface area is 184 Å². The van der Waals surface area contributed by atoms with Crippen LogP contribution in [-0.2, 0) is 6.42 Å². The monoisotopic (exact) mass is 441 g/mol. The third-order valence-electron chi connectivity index (χ3n) is 5.38. The van der Waals surface area contributed by atoms with E-state index in [1.807, 2.05) is 67.1 Å². The number of likely N-dealkylation sites (N-methyl/N-ethyl adjacent to an activating group) is 1. The van der Waals surface area contributed by atoms with Gasteiger partial charge in [-0.2, -0.15) is 5.10 Å². The topological polar surface area (TPSA) is 58.4 Å². The fraction of sp³-hybridized carbons (Fsp3) is 0.217. The number of hydrogen-bond acceptors (Lipinski definition) is 2. The van der Waals surface area contributed by atoms with E-state index in [1.165, 1.54) is 4.90 Å². The lowest BCUT2D eigenvalue weighted by molar-refractivity contribution is 0.148. The Kier molecular flexibility index (Phi) is 5.58. The zero-order chi connectivity index (χ0) is 21.4. The van der Waals surface area contributed by atoms with Crippen LogP contribution in [0.2, 0.25) is 10.0 Å². The first-order valence-corrected chi connectivity index (χ1v) is 10.5. The third-order valence-corrected chi connectivity index (χ3v) is 6.02. The van der Waals surface area contributed by atoms with Gasteiger partial charge in [0.15, 0.2) is 0 Å². The number of aromatic nitrogens is 2. The Morgan fingerprint density at radius 2 is 1.93 bits per heavy atom. The van der Waals surface area contributed by atoms with Crippen molar-refractivity contribution in [2.75, 3.05) is 13.1 Å². The molecule has 0 radical (unpaired) electrons. The highest BCUT2D eigenvalue weighted by molar-refractivity contribution is 6.32. The molecule has 0 atom stereocenters. The summed E-state index contributed by atoms with van der Waals surface area (Å²) >= 11 is 12.6. The van der Waals surface area contributed by atoms with E-state index in [-0.39, 0.29) is 0 Å². The van der Waals surface area contributed by atoms with Crippen LogP contribution in [0.1, 0.15) is 18.2 Å². The van der Waals surface area contributed by atoms with Crippen LogP contribution in [0.4, 0.5) is 4.79 Å². The van der Waals surface area contributed by atoms with Crippen LogP contribution >= 0.6 is 23.2 Å². The Bertz CT molecular complexity index is 1270. The molecule has 1 N–H and O–H groups in total. The van der Waals surface area contributed by atoms with E-state index < -0.39 is 6.09 Å². The average Bonchev–Trinajstić information content (AvgIpc) is 3.09. The van der Waals surface area contributed by atoms with Gasteiger partial charge in [0.05, 0.1) is 16.9 Å². The fourth-order valence-electron chi connectivity index (χ4n) is 3.74. The molecule has 0 fully saturated rings. The number of amides is 1. The van der Waals surface area contributed by atoms with E-state index >= 15 is 0 Å². The van der Waals surface area contributed by atoms with Gasteiger partial charge in [0, 0.05) is 34.9 Å². The van der Waals surface area contributed by atoms with Gasteiger partial charge in [-0.3, -0.25) is 0 Å². The average molecular weight is 442 g/mol. The fourth-order valence-corrected chi connectivity index (χ4v) is 4.09. The van der Waals surface area contributed by atoms with E-state index in [0.717, 1.165) is 38.6 Å². The number of rotatable bonds is 5. The summed E-state index contributed by atoms with van der Waals surface area (Å²) in [5.41, 5.74) is 3.62. The zero-order valence-electron chi connectivity index (χ0n) is 16.7. The number of halogens is 2. The predicted octanol–water partition coefficient (Wildman–Crippen LogP) is 6.34. The van der Waals surface area contributed by atoms with Crippen LogP contribution in [0.15, 0.2) is 48.5 Å². The molecule has 0 spiro atoms. The summed E-state index contributed by atoms with van der Waals surface area (Å²) in [6, 6.07) is 15.6. The van der Waals surface area contributed by atoms with Gasteiger partial charge in [-0.1, -0.05) is 41.4 Å². The first-order chi connectivity index (χ1) is 14.4. The van der Waals surface area contributed by atoms with Gasteiger partial charge >= 0.3 is 6.09 Å². The Morgan fingerprint density at radius 3 is 2.63 bits per heavy atom. The molecule has 1 aromatic heterocycles. The molecule has 0 aliphatic rings. The zero-order valence-corrected chi connectivity index (χ0v) is 18.2. The highest BCUT2D eigenvalue weighted by Crippen LogP contribution is 2.32. The lowest BCUT2D eigenvalue weighted by atomic mass is 10.0. The van der Waals surface area contributed by atoms with Crippen LogP contribution in [0.5, 0.6) is 0 Å². The number of carbonyl (C=O) groups is 1. The third kappa shape index (κ3) is 3.71. The molecule has 0 saturated heterocycles. The van der Waals surface area contributed by atoms with Crippen LogP contribution in [-0.4, -0.2) is 39.0 Å². The highest BCUT2D eigenvalue weighted by atomic mass is 35.5. The molecule has 0 unspecified atom stereocenters. The number of carboxylic acid groups (broad SMARTS) is 1. The summed E-state index contributed by atoms with van der Waals surface area (Å²) in [5, 5.41) is 18.7. The quantitative estimate of drug-likeness (QED) is 0.393. The summed E-state index contributed by atoms with van der Waals surface area (Å²) in [6.45, 7) is 4.58. The largest absolute Gasteiger partial charge is 0.465 e. The van der Waals surface area contributed by atoms with Crippen molar-refractivity contribution in [2.24, 2.45) is 0 Å². The van der Waals surface area contributed by atoms with Crippen LogP contribution in [0.3, 0.4) is 0 Å². The lowest BCUT2D eigenvalue weighted by Gasteiger charge is -2.17. The number of fused-ring (bicyclic) bond motifs is 3. The van der Waals surface area contributed by atoms with Gasteiger partial charge in [0.2, 0.25) is 0 Å². The summed E-state index contributed by atoms with van der Waals surface area (Å²) in [4.78, 5) is 12.9. The van der Waals surface area contributed by atoms with E-state index in [9.17, 15) is 9.90 Å². The first kappa shape index (κ1) is 20.5. The molecule has 1 heterocycles. The molecule has 7 heteroatoms. The molecule has 30 heavy (non-hydrogen) atoms. The van der Waals surface area contributed by atoms with Gasteiger partial charge < -0.3 is 10.0 Å². The summed E-state index contributed by atoms with van der Waals surface area (Å²) in [5.74, 6) is 0. The van der Waals surface area contributed by atoms with Crippen molar-refractivity contribution in [3.8, 4) is 5.69 Å². The van der Waals surface area contributed by atoms with E-state index in [0.29, 0.717) is 29.6 Å². The number of aryl methyl sites for hydroxylation is 1. The van der Waals surface area contributed by atoms with E-state index in [1.54, 1.807) is 0 Å². The van der Waals surface area contributed by atoms with Gasteiger partial charge in [0.25, 0.3) is 0 Å². The molecule has 0 saturated carbocycles. The molecule has 0 aliphatic heterocycles. The normalized spacial score (nSPS) is 11.3. The van der Waals surface area contributed by atoms with E-state index in [2.05, 4.69) is 0 Å². The van der Waals surface area contributed by atoms with Gasteiger partial charge in [-0.25, -0.2) is 9.48 Å². The minimum atomic E-state index is -0.928. The predicted molar refractivity (Wildman–Crippen MR) is 122 cm³/mol. The van der Waals surface area contributed by atoms with Crippen molar-refractivity contribution >= 4 is 51.0 Å². The molecule has 3 aromatic carbocycles. The molecule has 4 aromatic rings. The second-order valence-electron chi connectivity index (χ2n) is 7.23. The van der Waals surface area contributed by atoms with Crippen molar-refractivity contribution in [1.29, 1.82) is 0 Å². The first-order valence-electron chi connectivity index (χ1n) is 9.73. The Hall–Kier alpha value is -2.76. The van der Waals surface area contributed by atoms with Crippen LogP contribution in [0.25, 0.3) is 27.4 Å². The van der Waals surface area contributed by atoms with E-state index in [4.69, 9.17) is 28.3 Å². The number of hydrogen-bond donors (Lipinski definition) is 1. The van der Waals surface area contributed by atoms with Crippen molar-refractivity contribution < 1.29 is 9.90 Å². The summed E-state index contributed by atoms with van der Waals surface area (Å²) < 4.78 is 1.87. The SMILES string of the molecule is CCN(CCc1c2c(ccc3cc(Cl)ccc32)nn1-c1ccc(C)c(Cl)c1)C(=O)O. The summed E-state index contributed by atoms with van der Waals surface area (Å²) in [7, 11) is 0. The molecular formula is C23H21Cl2N3O2. The molecular weight excluding hydrogens is 421 g/mol. The van der Waals surface area contributed by atoms with Crippen molar-refractivity contribution in [3.63, 3.8) is 0 Å². The van der Waals surface area contributed by atoms with Crippen LogP contribution in [0, 0.1) is 6.92 Å². The van der Waals surface area contributed by atoms with Gasteiger partial charge in [0.1, 0.15) is 0 Å². The minimum Gasteiger partial charge on any atom is -0.465 e. The maximum absolute atomic E-state index is 11.5. The number of nitrogens with zero attached hydrogens (tertiary/aromatic N) is 3. The van der Waals surface area contributed by atoms with Gasteiger partial charge in [-0.05, 0) is 60.5 Å². The second-order valence-corrected chi connectivity index (χ2v) is 8.07. The smallest absolute Gasteiger partial charge is 0.407 e. The molecule has 0 aliphatic carbocycles. The lowest BCUT2D eigenvalue weighted by Crippen LogP contribution is -2.31. The Balaban J connectivity index is 1.94. The maximum atomic E-state index is 11.5. The van der Waals surface area contributed by atoms with Gasteiger partial charge in [-0.15, -0.1) is 0 Å². The molecule has 5 nitrogen and oxygen atoms in total. The van der Waals surface area contributed by atoms with Crippen molar-refractivity contribution in [2.45, 2.75) is 20.3 Å². The Morgan fingerprint density at radius 1 is 1.13 bits per heavy atom. The highest BCUT2D eigenvalue weighted by Gasteiger charge is 2.18. The number of benzene rings is 3. The maximum Gasteiger partial charge on any atom is 0.407 e. The molecule has 154 valence electrons.